The molecule has 0 heterocycles. The molecule has 0 aliphatic heterocycles. The Bertz CT molecular complexity index is 531. The van der Waals surface area contributed by atoms with E-state index in [1.54, 1.807) is 7.11 Å². The molecule has 0 radical (unpaired) electrons. The monoisotopic (exact) mass is 255 g/mol. The zero-order valence-electron chi connectivity index (χ0n) is 11.9. The molecule has 2 nitrogen and oxygen atoms in total. The minimum Gasteiger partial charge on any atom is -0.496 e. The highest BCUT2D eigenvalue weighted by atomic mass is 16.5. The number of nitrogens with one attached hydrogen (secondary N) is 1. The standard InChI is InChI=1S/C17H21NO/c1-13-4-6-15(7-5-13)11-18-12-16-8-9-17(19-3)14(2)10-16/h4-10,18H,11-12H2,1-3H3. The van der Waals surface area contributed by atoms with Gasteiger partial charge in [-0.2, -0.15) is 0 Å². The van der Waals surface area contributed by atoms with E-state index in [4.69, 9.17) is 4.74 Å². The van der Waals surface area contributed by atoms with Crippen molar-refractivity contribution in [2.45, 2.75) is 26.9 Å². The summed E-state index contributed by atoms with van der Waals surface area (Å²) in [6.07, 6.45) is 0. The molecule has 0 aliphatic rings. The molecule has 0 fully saturated rings. The molecule has 2 aromatic rings. The highest BCUT2D eigenvalue weighted by Gasteiger charge is 2.00. The Morgan fingerprint density at radius 3 is 2.16 bits per heavy atom. The van der Waals surface area contributed by atoms with E-state index in [-0.39, 0.29) is 0 Å². The minimum absolute atomic E-state index is 0.874. The fourth-order valence-corrected chi connectivity index (χ4v) is 2.11. The van der Waals surface area contributed by atoms with Crippen molar-refractivity contribution in [2.75, 3.05) is 7.11 Å². The summed E-state index contributed by atoms with van der Waals surface area (Å²) in [4.78, 5) is 0. The summed E-state index contributed by atoms with van der Waals surface area (Å²) < 4.78 is 5.26. The van der Waals surface area contributed by atoms with Gasteiger partial charge in [0.15, 0.2) is 0 Å². The third-order valence-electron chi connectivity index (χ3n) is 3.24. The second kappa shape index (κ2) is 6.39. The largest absolute Gasteiger partial charge is 0.496 e. The predicted octanol–water partition coefficient (Wildman–Crippen LogP) is 3.60. The number of ether oxygens (including phenoxy) is 1. The van der Waals surface area contributed by atoms with E-state index in [0.717, 1.165) is 18.8 Å². The third kappa shape index (κ3) is 3.83. The maximum Gasteiger partial charge on any atom is 0.121 e. The number of hydrogen-bond acceptors (Lipinski definition) is 2. The summed E-state index contributed by atoms with van der Waals surface area (Å²) in [5.41, 5.74) is 5.08. The van der Waals surface area contributed by atoms with E-state index in [2.05, 4.69) is 55.6 Å². The Hall–Kier alpha value is -1.80. The van der Waals surface area contributed by atoms with E-state index in [9.17, 15) is 0 Å². The fourth-order valence-electron chi connectivity index (χ4n) is 2.11. The first-order valence-electron chi connectivity index (χ1n) is 6.59. The van der Waals surface area contributed by atoms with Crippen molar-refractivity contribution in [2.24, 2.45) is 0 Å². The Kier molecular flexibility index (Phi) is 4.58. The number of benzene rings is 2. The Morgan fingerprint density at radius 2 is 1.53 bits per heavy atom. The molecular formula is C17H21NO. The third-order valence-corrected chi connectivity index (χ3v) is 3.24. The van der Waals surface area contributed by atoms with Gasteiger partial charge >= 0.3 is 0 Å². The van der Waals surface area contributed by atoms with E-state index in [1.165, 1.54) is 22.3 Å². The van der Waals surface area contributed by atoms with Gasteiger partial charge in [0.25, 0.3) is 0 Å². The van der Waals surface area contributed by atoms with Gasteiger partial charge in [0.05, 0.1) is 7.11 Å². The molecule has 0 bridgehead atoms. The molecule has 0 saturated heterocycles. The van der Waals surface area contributed by atoms with Crippen molar-refractivity contribution in [3.05, 3.63) is 64.7 Å². The molecule has 0 amide bonds. The summed E-state index contributed by atoms with van der Waals surface area (Å²) in [6, 6.07) is 14.9. The van der Waals surface area contributed by atoms with Gasteiger partial charge in [0, 0.05) is 13.1 Å². The topological polar surface area (TPSA) is 21.3 Å². The molecule has 2 rings (SSSR count). The van der Waals surface area contributed by atoms with E-state index in [0.29, 0.717) is 0 Å². The average Bonchev–Trinajstić information content (AvgIpc) is 2.41. The highest BCUT2D eigenvalue weighted by Crippen LogP contribution is 2.18. The summed E-state index contributed by atoms with van der Waals surface area (Å²) >= 11 is 0. The molecule has 0 atom stereocenters. The molecule has 0 aromatic heterocycles. The summed E-state index contributed by atoms with van der Waals surface area (Å²) in [5, 5.41) is 3.46. The molecule has 2 heteroatoms. The van der Waals surface area contributed by atoms with Gasteiger partial charge in [-0.3, -0.25) is 0 Å². The van der Waals surface area contributed by atoms with Crippen molar-refractivity contribution < 1.29 is 4.74 Å². The first-order valence-corrected chi connectivity index (χ1v) is 6.59. The van der Waals surface area contributed by atoms with Crippen molar-refractivity contribution >= 4 is 0 Å². The molecule has 100 valence electrons. The zero-order valence-corrected chi connectivity index (χ0v) is 11.9. The van der Waals surface area contributed by atoms with Gasteiger partial charge in [0.2, 0.25) is 0 Å². The van der Waals surface area contributed by atoms with E-state index < -0.39 is 0 Å². The average molecular weight is 255 g/mol. The Balaban J connectivity index is 1.88. The molecule has 0 spiro atoms. The first-order chi connectivity index (χ1) is 9.19. The fraction of sp³-hybridized carbons (Fsp3) is 0.294. The Labute approximate surface area is 115 Å². The summed E-state index contributed by atoms with van der Waals surface area (Å²) in [6.45, 7) is 5.95. The van der Waals surface area contributed by atoms with Crippen LogP contribution in [0.5, 0.6) is 5.75 Å². The molecule has 0 aliphatic carbocycles. The Morgan fingerprint density at radius 1 is 0.895 bits per heavy atom. The number of methoxy groups -OCH3 is 1. The van der Waals surface area contributed by atoms with Gasteiger partial charge in [-0.25, -0.2) is 0 Å². The van der Waals surface area contributed by atoms with Gasteiger partial charge in [-0.15, -0.1) is 0 Å². The number of rotatable bonds is 5. The first kappa shape index (κ1) is 13.6. The number of aryl methyl sites for hydroxylation is 2. The lowest BCUT2D eigenvalue weighted by molar-refractivity contribution is 0.411. The second-order valence-corrected chi connectivity index (χ2v) is 4.89. The molecule has 19 heavy (non-hydrogen) atoms. The zero-order chi connectivity index (χ0) is 13.7. The summed E-state index contributed by atoms with van der Waals surface area (Å²) in [5.74, 6) is 0.947. The normalized spacial score (nSPS) is 10.5. The van der Waals surface area contributed by atoms with Crippen LogP contribution in [0.15, 0.2) is 42.5 Å². The van der Waals surface area contributed by atoms with Crippen LogP contribution >= 0.6 is 0 Å². The molecule has 0 saturated carbocycles. The molecule has 0 unspecified atom stereocenters. The van der Waals surface area contributed by atoms with Crippen molar-refractivity contribution in [3.63, 3.8) is 0 Å². The lowest BCUT2D eigenvalue weighted by atomic mass is 10.1. The lowest BCUT2D eigenvalue weighted by Crippen LogP contribution is -2.12. The van der Waals surface area contributed by atoms with Crippen LogP contribution in [-0.2, 0) is 13.1 Å². The van der Waals surface area contributed by atoms with Gasteiger partial charge in [-0.1, -0.05) is 42.0 Å². The van der Waals surface area contributed by atoms with Gasteiger partial charge in [-0.05, 0) is 36.6 Å². The molecule has 2 aromatic carbocycles. The van der Waals surface area contributed by atoms with Crippen LogP contribution in [0.25, 0.3) is 0 Å². The summed E-state index contributed by atoms with van der Waals surface area (Å²) in [7, 11) is 1.71. The number of hydrogen-bond donors (Lipinski definition) is 1. The molecular weight excluding hydrogens is 234 g/mol. The van der Waals surface area contributed by atoms with Crippen molar-refractivity contribution in [1.82, 2.24) is 5.32 Å². The lowest BCUT2D eigenvalue weighted by Gasteiger charge is -2.09. The van der Waals surface area contributed by atoms with Crippen LogP contribution in [0, 0.1) is 13.8 Å². The second-order valence-electron chi connectivity index (χ2n) is 4.89. The maximum atomic E-state index is 5.26. The molecule has 1 N–H and O–H groups in total. The van der Waals surface area contributed by atoms with Crippen molar-refractivity contribution in [3.8, 4) is 5.75 Å². The minimum atomic E-state index is 0.874. The van der Waals surface area contributed by atoms with Gasteiger partial charge in [0.1, 0.15) is 5.75 Å². The van der Waals surface area contributed by atoms with Crippen LogP contribution in [-0.4, -0.2) is 7.11 Å². The highest BCUT2D eigenvalue weighted by molar-refractivity contribution is 5.36. The maximum absolute atomic E-state index is 5.26. The van der Waals surface area contributed by atoms with E-state index in [1.807, 2.05) is 6.07 Å². The van der Waals surface area contributed by atoms with Crippen molar-refractivity contribution in [1.29, 1.82) is 0 Å². The van der Waals surface area contributed by atoms with Crippen LogP contribution in [0.3, 0.4) is 0 Å². The smallest absolute Gasteiger partial charge is 0.121 e. The van der Waals surface area contributed by atoms with Crippen LogP contribution < -0.4 is 10.1 Å². The SMILES string of the molecule is COc1ccc(CNCc2ccc(C)cc2)cc1C. The van der Waals surface area contributed by atoms with Gasteiger partial charge < -0.3 is 10.1 Å². The predicted molar refractivity (Wildman–Crippen MR) is 79.5 cm³/mol. The quantitative estimate of drug-likeness (QED) is 0.881. The van der Waals surface area contributed by atoms with Crippen LogP contribution in [0.1, 0.15) is 22.3 Å². The van der Waals surface area contributed by atoms with Crippen LogP contribution in [0.2, 0.25) is 0 Å². The van der Waals surface area contributed by atoms with Crippen LogP contribution in [0.4, 0.5) is 0 Å². The van der Waals surface area contributed by atoms with E-state index >= 15 is 0 Å².